The number of halogens is 3. The number of carboxylic acids is 1. The quantitative estimate of drug-likeness (QED) is 0.753. The molecule has 82 valence electrons. The van der Waals surface area contributed by atoms with Crippen LogP contribution < -0.4 is 5.73 Å². The molecular formula is C8H7F3N2O2. The summed E-state index contributed by atoms with van der Waals surface area (Å²) in [5.41, 5.74) is 2.96. The average Bonchev–Trinajstić information content (AvgIpc) is 2.15. The molecule has 0 spiro atoms. The normalized spacial score (nSPS) is 10.7. The summed E-state index contributed by atoms with van der Waals surface area (Å²) < 4.78 is 37.8. The molecule has 1 heterocycles. The Kier molecular flexibility index (Phi) is 3.25. The van der Waals surface area contributed by atoms with E-state index in [2.05, 4.69) is 4.98 Å². The average molecular weight is 220 g/mol. The number of rotatable bonds is 3. The van der Waals surface area contributed by atoms with Crippen LogP contribution >= 0.6 is 0 Å². The molecular weight excluding hydrogens is 213 g/mol. The van der Waals surface area contributed by atoms with Gasteiger partial charge in [-0.2, -0.15) is 4.39 Å². The molecule has 1 aromatic rings. The van der Waals surface area contributed by atoms with Gasteiger partial charge in [0, 0.05) is 12.1 Å². The van der Waals surface area contributed by atoms with E-state index < -0.39 is 29.5 Å². The molecule has 4 nitrogen and oxygen atoms in total. The highest BCUT2D eigenvalue weighted by molar-refractivity contribution is 5.89. The minimum absolute atomic E-state index is 0.118. The number of alkyl halides is 2. The van der Waals surface area contributed by atoms with Crippen molar-refractivity contribution in [2.75, 3.05) is 0 Å². The smallest absolute Gasteiger partial charge is 0.340 e. The van der Waals surface area contributed by atoms with Crippen molar-refractivity contribution in [3.63, 3.8) is 0 Å². The third-order valence-electron chi connectivity index (χ3n) is 1.72. The fourth-order valence-electron chi connectivity index (χ4n) is 1.07. The summed E-state index contributed by atoms with van der Waals surface area (Å²) in [7, 11) is 0. The van der Waals surface area contributed by atoms with Crippen LogP contribution in [0, 0.1) is 5.95 Å². The standard InChI is InChI=1S/C8H7F3N2O2/c9-6(10)4-1-3(2-12)13-7(11)5(4)8(14)15/h1,6H,2,12H2,(H,14,15). The van der Waals surface area contributed by atoms with Crippen LogP contribution in [0.4, 0.5) is 13.2 Å². The molecule has 0 bridgehead atoms. The van der Waals surface area contributed by atoms with Gasteiger partial charge in [-0.1, -0.05) is 0 Å². The van der Waals surface area contributed by atoms with E-state index in [-0.39, 0.29) is 12.2 Å². The highest BCUT2D eigenvalue weighted by Gasteiger charge is 2.24. The predicted molar refractivity (Wildman–Crippen MR) is 44.0 cm³/mol. The van der Waals surface area contributed by atoms with E-state index in [0.29, 0.717) is 0 Å². The van der Waals surface area contributed by atoms with Crippen LogP contribution in [-0.4, -0.2) is 16.1 Å². The summed E-state index contributed by atoms with van der Waals surface area (Å²) in [6, 6.07) is 0.789. The maximum atomic E-state index is 13.0. The molecule has 0 aliphatic rings. The maximum Gasteiger partial charge on any atom is 0.340 e. The zero-order valence-corrected chi connectivity index (χ0v) is 7.38. The number of pyridine rings is 1. The second-order valence-corrected chi connectivity index (χ2v) is 2.68. The van der Waals surface area contributed by atoms with Gasteiger partial charge in [-0.3, -0.25) is 0 Å². The molecule has 0 unspecified atom stereocenters. The maximum absolute atomic E-state index is 13.0. The number of aromatic nitrogens is 1. The van der Waals surface area contributed by atoms with Crippen LogP contribution in [0.2, 0.25) is 0 Å². The molecule has 0 aliphatic heterocycles. The van der Waals surface area contributed by atoms with E-state index in [1.54, 1.807) is 0 Å². The van der Waals surface area contributed by atoms with Gasteiger partial charge in [0.25, 0.3) is 6.43 Å². The molecule has 1 aromatic heterocycles. The lowest BCUT2D eigenvalue weighted by atomic mass is 10.1. The lowest BCUT2D eigenvalue weighted by molar-refractivity contribution is 0.0677. The number of carbonyl (C=O) groups is 1. The zero-order chi connectivity index (χ0) is 11.6. The van der Waals surface area contributed by atoms with E-state index >= 15 is 0 Å². The Bertz CT molecular complexity index is 396. The second-order valence-electron chi connectivity index (χ2n) is 2.68. The van der Waals surface area contributed by atoms with Gasteiger partial charge in [0.2, 0.25) is 5.95 Å². The Balaban J connectivity index is 3.42. The van der Waals surface area contributed by atoms with Gasteiger partial charge < -0.3 is 10.8 Å². The number of nitrogens with two attached hydrogens (primary N) is 1. The highest BCUT2D eigenvalue weighted by Crippen LogP contribution is 2.25. The van der Waals surface area contributed by atoms with Crippen LogP contribution in [0.5, 0.6) is 0 Å². The Morgan fingerprint density at radius 2 is 2.20 bits per heavy atom. The van der Waals surface area contributed by atoms with E-state index in [1.165, 1.54) is 0 Å². The number of carboxylic acid groups (broad SMARTS) is 1. The molecule has 0 aliphatic carbocycles. The third-order valence-corrected chi connectivity index (χ3v) is 1.72. The first kappa shape index (κ1) is 11.4. The Morgan fingerprint density at radius 3 is 2.60 bits per heavy atom. The third kappa shape index (κ3) is 2.24. The molecule has 0 amide bonds. The number of hydrogen-bond acceptors (Lipinski definition) is 3. The number of aromatic carboxylic acids is 1. The summed E-state index contributed by atoms with van der Waals surface area (Å²) >= 11 is 0. The first-order valence-corrected chi connectivity index (χ1v) is 3.88. The molecule has 0 aromatic carbocycles. The number of nitrogens with zero attached hydrogens (tertiary/aromatic N) is 1. The summed E-state index contributed by atoms with van der Waals surface area (Å²) in [5, 5.41) is 8.51. The monoisotopic (exact) mass is 220 g/mol. The number of hydrogen-bond donors (Lipinski definition) is 2. The Morgan fingerprint density at radius 1 is 1.60 bits per heavy atom. The van der Waals surface area contributed by atoms with Crippen LogP contribution in [0.3, 0.4) is 0 Å². The van der Waals surface area contributed by atoms with Gasteiger partial charge >= 0.3 is 5.97 Å². The Hall–Kier alpha value is -1.63. The lowest BCUT2D eigenvalue weighted by Crippen LogP contribution is -2.12. The van der Waals surface area contributed by atoms with Gasteiger partial charge in [0.1, 0.15) is 5.56 Å². The molecule has 0 atom stereocenters. The summed E-state index contributed by atoms with van der Waals surface area (Å²) in [6.07, 6.45) is -3.08. The van der Waals surface area contributed by atoms with Gasteiger partial charge in [0.15, 0.2) is 0 Å². The predicted octanol–water partition coefficient (Wildman–Crippen LogP) is 1.32. The molecule has 0 saturated heterocycles. The van der Waals surface area contributed by atoms with Crippen LogP contribution in [0.1, 0.15) is 28.0 Å². The van der Waals surface area contributed by atoms with Crippen molar-refractivity contribution in [1.82, 2.24) is 4.98 Å². The van der Waals surface area contributed by atoms with E-state index in [1.807, 2.05) is 0 Å². The second kappa shape index (κ2) is 4.26. The largest absolute Gasteiger partial charge is 0.478 e. The SMILES string of the molecule is NCc1cc(C(F)F)c(C(=O)O)c(F)n1. The van der Waals surface area contributed by atoms with Crippen molar-refractivity contribution in [2.45, 2.75) is 13.0 Å². The molecule has 15 heavy (non-hydrogen) atoms. The minimum Gasteiger partial charge on any atom is -0.478 e. The van der Waals surface area contributed by atoms with Gasteiger partial charge in [-0.15, -0.1) is 0 Å². The fourth-order valence-corrected chi connectivity index (χ4v) is 1.07. The van der Waals surface area contributed by atoms with Crippen molar-refractivity contribution >= 4 is 5.97 Å². The van der Waals surface area contributed by atoms with Gasteiger partial charge in [-0.25, -0.2) is 18.6 Å². The van der Waals surface area contributed by atoms with Crippen LogP contribution in [0.15, 0.2) is 6.07 Å². The topological polar surface area (TPSA) is 76.2 Å². The lowest BCUT2D eigenvalue weighted by Gasteiger charge is -2.07. The molecule has 0 radical (unpaired) electrons. The van der Waals surface area contributed by atoms with Gasteiger partial charge in [0.05, 0.1) is 5.69 Å². The van der Waals surface area contributed by atoms with E-state index in [0.717, 1.165) is 6.07 Å². The first-order chi connectivity index (χ1) is 6.97. The minimum atomic E-state index is -3.08. The summed E-state index contributed by atoms with van der Waals surface area (Å²) in [6.45, 7) is -0.240. The summed E-state index contributed by atoms with van der Waals surface area (Å²) in [5.74, 6) is -3.22. The molecule has 0 saturated carbocycles. The van der Waals surface area contributed by atoms with Gasteiger partial charge in [-0.05, 0) is 6.07 Å². The molecule has 3 N–H and O–H groups in total. The summed E-state index contributed by atoms with van der Waals surface area (Å²) in [4.78, 5) is 13.7. The van der Waals surface area contributed by atoms with E-state index in [9.17, 15) is 18.0 Å². The highest BCUT2D eigenvalue weighted by atomic mass is 19.3. The fraction of sp³-hybridized carbons (Fsp3) is 0.250. The van der Waals surface area contributed by atoms with E-state index in [4.69, 9.17) is 10.8 Å². The van der Waals surface area contributed by atoms with Crippen molar-refractivity contribution < 1.29 is 23.1 Å². The van der Waals surface area contributed by atoms with Crippen LogP contribution in [-0.2, 0) is 6.54 Å². The van der Waals surface area contributed by atoms with Crippen molar-refractivity contribution in [3.8, 4) is 0 Å². The van der Waals surface area contributed by atoms with Crippen molar-refractivity contribution in [2.24, 2.45) is 5.73 Å². The molecule has 7 heteroatoms. The molecule has 1 rings (SSSR count). The van der Waals surface area contributed by atoms with Crippen molar-refractivity contribution in [3.05, 3.63) is 28.8 Å². The molecule has 0 fully saturated rings. The van der Waals surface area contributed by atoms with Crippen LogP contribution in [0.25, 0.3) is 0 Å². The van der Waals surface area contributed by atoms with Crippen molar-refractivity contribution in [1.29, 1.82) is 0 Å². The zero-order valence-electron chi connectivity index (χ0n) is 7.38. The first-order valence-electron chi connectivity index (χ1n) is 3.88. The Labute approximate surface area is 82.5 Å².